The smallest absolute Gasteiger partial charge is 0.173 e. The highest BCUT2D eigenvalue weighted by Crippen LogP contribution is 2.39. The highest BCUT2D eigenvalue weighted by atomic mass is 79.9. The first kappa shape index (κ1) is 13.4. The number of Topliss-reactive ketones (excluding diaryl/α,β-unsaturated/α-hetero) is 1. The lowest BCUT2D eigenvalue weighted by Gasteiger charge is -2.28. The van der Waals surface area contributed by atoms with Crippen LogP contribution in [0.4, 0.5) is 5.69 Å². The van der Waals surface area contributed by atoms with E-state index >= 15 is 0 Å². The molecule has 1 aromatic rings. The van der Waals surface area contributed by atoms with Crippen LogP contribution in [-0.4, -0.2) is 24.3 Å². The minimum Gasteiger partial charge on any atom is -0.489 e. The van der Waals surface area contributed by atoms with Gasteiger partial charge in [-0.3, -0.25) is 4.79 Å². The van der Waals surface area contributed by atoms with Crippen molar-refractivity contribution in [2.75, 3.05) is 23.8 Å². The van der Waals surface area contributed by atoms with Crippen molar-refractivity contribution >= 4 is 27.4 Å². The maximum atomic E-state index is 11.9. The number of carbonyl (C=O) groups excluding carboxylic acids is 1. The maximum Gasteiger partial charge on any atom is 0.173 e. The number of anilines is 1. The van der Waals surface area contributed by atoms with E-state index in [2.05, 4.69) is 42.0 Å². The van der Waals surface area contributed by atoms with Crippen LogP contribution >= 0.6 is 15.9 Å². The van der Waals surface area contributed by atoms with Gasteiger partial charge < -0.3 is 10.1 Å². The fourth-order valence-corrected chi connectivity index (χ4v) is 2.37. The molecule has 0 radical (unpaired) electrons. The van der Waals surface area contributed by atoms with Crippen LogP contribution in [0.3, 0.4) is 0 Å². The van der Waals surface area contributed by atoms with Gasteiger partial charge in [0.1, 0.15) is 12.4 Å². The summed E-state index contributed by atoms with van der Waals surface area (Å²) < 4.78 is 5.76. The summed E-state index contributed by atoms with van der Waals surface area (Å²) in [5.41, 5.74) is 2.69. The number of rotatable bonds is 2. The van der Waals surface area contributed by atoms with Gasteiger partial charge in [0.05, 0.1) is 11.0 Å². The number of halogens is 1. The molecule has 0 amide bonds. The standard InChI is InChI=1S/C14H18BrNO2/c1-14(2,3)10-6-9(12(17)8-15)7-11-13(10)18-5-4-16-11/h6-7,16H,4-5,8H2,1-3H3. The molecule has 18 heavy (non-hydrogen) atoms. The Balaban J connectivity index is 2.58. The Morgan fingerprint density at radius 1 is 1.44 bits per heavy atom. The minimum absolute atomic E-state index is 0.0499. The predicted molar refractivity (Wildman–Crippen MR) is 77.3 cm³/mol. The molecule has 3 nitrogen and oxygen atoms in total. The van der Waals surface area contributed by atoms with Gasteiger partial charge in [-0.1, -0.05) is 36.7 Å². The van der Waals surface area contributed by atoms with Crippen LogP contribution < -0.4 is 10.1 Å². The predicted octanol–water partition coefficient (Wildman–Crippen LogP) is 3.37. The average molecular weight is 312 g/mol. The van der Waals surface area contributed by atoms with Crippen molar-refractivity contribution in [2.45, 2.75) is 26.2 Å². The molecule has 1 aromatic carbocycles. The Morgan fingerprint density at radius 3 is 2.78 bits per heavy atom. The topological polar surface area (TPSA) is 38.3 Å². The summed E-state index contributed by atoms with van der Waals surface area (Å²) in [6.45, 7) is 7.83. The number of fused-ring (bicyclic) bond motifs is 1. The molecule has 0 saturated carbocycles. The van der Waals surface area contributed by atoms with Crippen LogP contribution in [0.2, 0.25) is 0 Å². The van der Waals surface area contributed by atoms with Crippen LogP contribution in [0, 0.1) is 0 Å². The van der Waals surface area contributed by atoms with Crippen LogP contribution in [0.25, 0.3) is 0 Å². The number of ketones is 1. The Kier molecular flexibility index (Phi) is 3.66. The van der Waals surface area contributed by atoms with E-state index < -0.39 is 0 Å². The van der Waals surface area contributed by atoms with Gasteiger partial charge in [0, 0.05) is 17.7 Å². The minimum atomic E-state index is -0.0499. The highest BCUT2D eigenvalue weighted by Gasteiger charge is 2.25. The Hall–Kier alpha value is -1.03. The number of nitrogens with one attached hydrogen (secondary N) is 1. The number of carbonyl (C=O) groups is 1. The van der Waals surface area contributed by atoms with Crippen molar-refractivity contribution < 1.29 is 9.53 Å². The van der Waals surface area contributed by atoms with Crippen molar-refractivity contribution in [2.24, 2.45) is 0 Å². The third-order valence-electron chi connectivity index (χ3n) is 3.00. The van der Waals surface area contributed by atoms with E-state index in [4.69, 9.17) is 4.74 Å². The third kappa shape index (κ3) is 2.53. The van der Waals surface area contributed by atoms with Gasteiger partial charge in [-0.2, -0.15) is 0 Å². The van der Waals surface area contributed by atoms with Gasteiger partial charge in [-0.25, -0.2) is 0 Å². The number of alkyl halides is 1. The molecule has 0 atom stereocenters. The Morgan fingerprint density at radius 2 is 2.17 bits per heavy atom. The molecule has 0 bridgehead atoms. The van der Waals surface area contributed by atoms with E-state index in [1.54, 1.807) is 0 Å². The molecular formula is C14H18BrNO2. The number of hydrogen-bond acceptors (Lipinski definition) is 3. The second-order valence-corrected chi connectivity index (χ2v) is 6.04. The summed E-state index contributed by atoms with van der Waals surface area (Å²) in [4.78, 5) is 11.9. The second-order valence-electron chi connectivity index (χ2n) is 5.48. The van der Waals surface area contributed by atoms with Crippen LogP contribution in [0.15, 0.2) is 12.1 Å². The van der Waals surface area contributed by atoms with E-state index in [0.29, 0.717) is 11.9 Å². The molecule has 1 aliphatic heterocycles. The van der Waals surface area contributed by atoms with Gasteiger partial charge in [0.25, 0.3) is 0 Å². The van der Waals surface area contributed by atoms with Crippen molar-refractivity contribution in [3.63, 3.8) is 0 Å². The Bertz CT molecular complexity index is 477. The summed E-state index contributed by atoms with van der Waals surface area (Å²) in [6.07, 6.45) is 0. The zero-order chi connectivity index (χ0) is 13.3. The van der Waals surface area contributed by atoms with Gasteiger partial charge in [-0.05, 0) is 17.5 Å². The molecule has 98 valence electrons. The first-order valence-corrected chi connectivity index (χ1v) is 7.20. The van der Waals surface area contributed by atoms with Gasteiger partial charge >= 0.3 is 0 Å². The van der Waals surface area contributed by atoms with Crippen molar-refractivity contribution in [1.82, 2.24) is 0 Å². The van der Waals surface area contributed by atoms with Crippen LogP contribution in [0.1, 0.15) is 36.7 Å². The summed E-state index contributed by atoms with van der Waals surface area (Å²) in [5.74, 6) is 0.982. The zero-order valence-corrected chi connectivity index (χ0v) is 12.6. The fraction of sp³-hybridized carbons (Fsp3) is 0.500. The number of hydrogen-bond donors (Lipinski definition) is 1. The molecule has 0 spiro atoms. The first-order chi connectivity index (χ1) is 8.43. The lowest BCUT2D eigenvalue weighted by atomic mass is 9.84. The lowest BCUT2D eigenvalue weighted by Crippen LogP contribution is -2.23. The second kappa shape index (κ2) is 4.92. The quantitative estimate of drug-likeness (QED) is 0.672. The molecule has 4 heteroatoms. The molecule has 0 aromatic heterocycles. The molecule has 1 aliphatic rings. The molecule has 0 aliphatic carbocycles. The monoisotopic (exact) mass is 311 g/mol. The van der Waals surface area contributed by atoms with E-state index in [1.165, 1.54) is 0 Å². The lowest BCUT2D eigenvalue weighted by molar-refractivity contribution is 0.102. The van der Waals surface area contributed by atoms with Crippen LogP contribution in [-0.2, 0) is 5.41 Å². The Labute approximate surface area is 116 Å². The average Bonchev–Trinajstić information content (AvgIpc) is 2.35. The summed E-state index contributed by atoms with van der Waals surface area (Å²) in [7, 11) is 0. The highest BCUT2D eigenvalue weighted by molar-refractivity contribution is 9.09. The van der Waals surface area contributed by atoms with Gasteiger partial charge in [0.15, 0.2) is 5.78 Å². The summed E-state index contributed by atoms with van der Waals surface area (Å²) in [5, 5.41) is 3.65. The number of ether oxygens (including phenoxy) is 1. The number of benzene rings is 1. The first-order valence-electron chi connectivity index (χ1n) is 6.08. The molecule has 0 unspecified atom stereocenters. The molecular weight excluding hydrogens is 294 g/mol. The third-order valence-corrected chi connectivity index (χ3v) is 3.51. The van der Waals surface area contributed by atoms with Gasteiger partial charge in [-0.15, -0.1) is 0 Å². The van der Waals surface area contributed by atoms with E-state index in [-0.39, 0.29) is 11.2 Å². The van der Waals surface area contributed by atoms with E-state index in [1.807, 2.05) is 12.1 Å². The van der Waals surface area contributed by atoms with Crippen molar-refractivity contribution in [1.29, 1.82) is 0 Å². The summed E-state index contributed by atoms with van der Waals surface area (Å²) in [6, 6.07) is 3.84. The molecule has 0 fully saturated rings. The molecule has 1 N–H and O–H groups in total. The normalized spacial score (nSPS) is 14.4. The SMILES string of the molecule is CC(C)(C)c1cc(C(=O)CBr)cc2c1OCCN2. The molecule has 2 rings (SSSR count). The summed E-state index contributed by atoms with van der Waals surface area (Å²) >= 11 is 3.22. The zero-order valence-electron chi connectivity index (χ0n) is 11.0. The van der Waals surface area contributed by atoms with Crippen LogP contribution in [0.5, 0.6) is 5.75 Å². The maximum absolute atomic E-state index is 11.9. The van der Waals surface area contributed by atoms with Gasteiger partial charge in [0.2, 0.25) is 0 Å². The van der Waals surface area contributed by atoms with Crippen molar-refractivity contribution in [3.8, 4) is 5.75 Å². The molecule has 1 heterocycles. The van der Waals surface area contributed by atoms with E-state index in [0.717, 1.165) is 29.1 Å². The van der Waals surface area contributed by atoms with E-state index in [9.17, 15) is 4.79 Å². The fourth-order valence-electron chi connectivity index (χ4n) is 2.05. The molecule has 0 saturated heterocycles. The van der Waals surface area contributed by atoms with Crippen molar-refractivity contribution in [3.05, 3.63) is 23.3 Å². The largest absolute Gasteiger partial charge is 0.489 e.